The monoisotopic (exact) mass is 232 g/mol. The van der Waals surface area contributed by atoms with Crippen molar-refractivity contribution in [2.24, 2.45) is 0 Å². The number of esters is 1. The molecule has 0 bridgehead atoms. The highest BCUT2D eigenvalue weighted by Gasteiger charge is 2.11. The number of unbranched alkanes of at least 4 members (excludes halogenated alkanes) is 1. The minimum atomic E-state index is -0.304. The van der Waals surface area contributed by atoms with Gasteiger partial charge < -0.3 is 4.74 Å². The molecule has 0 heterocycles. The van der Waals surface area contributed by atoms with Crippen molar-refractivity contribution < 1.29 is 9.53 Å². The lowest BCUT2D eigenvalue weighted by molar-refractivity contribution is -0.146. The van der Waals surface area contributed by atoms with Crippen molar-refractivity contribution in [2.75, 3.05) is 5.88 Å². The van der Waals surface area contributed by atoms with Gasteiger partial charge >= 0.3 is 5.97 Å². The molecule has 0 aliphatic rings. The summed E-state index contributed by atoms with van der Waals surface area (Å²) in [4.78, 5) is 11.0. The molecular weight excluding hydrogens is 212 g/mol. The predicted octanol–water partition coefficient (Wildman–Crippen LogP) is 3.68. The largest absolute Gasteiger partial charge is 0.461 e. The minimum Gasteiger partial charge on any atom is -0.461 e. The number of hydrogen-bond donors (Lipinski definition) is 0. The first-order valence-electron chi connectivity index (χ1n) is 5.61. The van der Waals surface area contributed by atoms with Crippen LogP contribution in [-0.2, 0) is 9.53 Å². The average molecular weight is 233 g/mol. The zero-order chi connectivity index (χ0) is 11.5. The highest BCUT2D eigenvalue weighted by Crippen LogP contribution is 2.12. The lowest BCUT2D eigenvalue weighted by Crippen LogP contribution is -2.18. The van der Waals surface area contributed by atoms with E-state index in [1.165, 1.54) is 0 Å². The van der Waals surface area contributed by atoms with Gasteiger partial charge in [-0.1, -0.05) is 25.5 Å². The third-order valence-corrected chi connectivity index (χ3v) is 2.37. The zero-order valence-electron chi connectivity index (χ0n) is 9.67. The Kier molecular flexibility index (Phi) is 9.70. The van der Waals surface area contributed by atoms with Gasteiger partial charge in [0.25, 0.3) is 0 Å². The maximum absolute atomic E-state index is 11.0. The molecule has 15 heavy (non-hydrogen) atoms. The first kappa shape index (κ1) is 14.5. The van der Waals surface area contributed by atoms with Gasteiger partial charge in [0.1, 0.15) is 12.0 Å². The van der Waals surface area contributed by atoms with E-state index >= 15 is 0 Å². The van der Waals surface area contributed by atoms with Gasteiger partial charge in [-0.15, -0.1) is 11.6 Å². The van der Waals surface area contributed by atoms with Crippen LogP contribution < -0.4 is 0 Å². The summed E-state index contributed by atoms with van der Waals surface area (Å²) in [5.41, 5.74) is 0. The Labute approximate surface area is 97.6 Å². The van der Waals surface area contributed by atoms with Crippen LogP contribution in [0.2, 0.25) is 0 Å². The molecule has 0 saturated heterocycles. The van der Waals surface area contributed by atoms with E-state index in [1.807, 2.05) is 13.0 Å². The summed E-state index contributed by atoms with van der Waals surface area (Å²) in [6, 6.07) is 0. The first-order chi connectivity index (χ1) is 7.24. The van der Waals surface area contributed by atoms with Crippen molar-refractivity contribution in [3.63, 3.8) is 0 Å². The van der Waals surface area contributed by atoms with Crippen molar-refractivity contribution in [3.05, 3.63) is 12.2 Å². The van der Waals surface area contributed by atoms with E-state index in [0.717, 1.165) is 32.1 Å². The molecule has 88 valence electrons. The Morgan fingerprint density at radius 1 is 1.47 bits per heavy atom. The highest BCUT2D eigenvalue weighted by atomic mass is 35.5. The molecule has 0 aromatic carbocycles. The SMILES string of the molecule is CC=CCCCC(CCC)OC(=O)CCl. The summed E-state index contributed by atoms with van der Waals surface area (Å²) in [6.07, 6.45) is 9.22. The molecule has 0 rings (SSSR count). The van der Waals surface area contributed by atoms with Crippen LogP contribution in [0.25, 0.3) is 0 Å². The molecule has 1 unspecified atom stereocenters. The van der Waals surface area contributed by atoms with E-state index in [0.29, 0.717) is 0 Å². The summed E-state index contributed by atoms with van der Waals surface area (Å²) in [6.45, 7) is 4.10. The van der Waals surface area contributed by atoms with Gasteiger partial charge in [-0.05, 0) is 32.6 Å². The van der Waals surface area contributed by atoms with Crippen LogP contribution in [0.15, 0.2) is 12.2 Å². The predicted molar refractivity (Wildman–Crippen MR) is 64.2 cm³/mol. The van der Waals surface area contributed by atoms with Gasteiger partial charge in [-0.25, -0.2) is 0 Å². The molecule has 3 heteroatoms. The second-order valence-corrected chi connectivity index (χ2v) is 3.80. The van der Waals surface area contributed by atoms with Crippen LogP contribution in [0.4, 0.5) is 0 Å². The molecule has 0 spiro atoms. The molecule has 0 N–H and O–H groups in total. The van der Waals surface area contributed by atoms with Gasteiger partial charge in [-0.3, -0.25) is 4.79 Å². The lowest BCUT2D eigenvalue weighted by Gasteiger charge is -2.16. The maximum atomic E-state index is 11.0. The van der Waals surface area contributed by atoms with Gasteiger partial charge in [0, 0.05) is 0 Å². The number of allylic oxidation sites excluding steroid dienone is 2. The standard InChI is InChI=1S/C12H21ClO2/c1-3-5-6-7-9-11(8-4-2)15-12(14)10-13/h3,5,11H,4,6-10H2,1-2H3. The molecule has 1 atom stereocenters. The maximum Gasteiger partial charge on any atom is 0.321 e. The Hall–Kier alpha value is -0.500. The van der Waals surface area contributed by atoms with Gasteiger partial charge in [-0.2, -0.15) is 0 Å². The quantitative estimate of drug-likeness (QED) is 0.276. The first-order valence-corrected chi connectivity index (χ1v) is 6.14. The number of carbonyl (C=O) groups is 1. The topological polar surface area (TPSA) is 26.3 Å². The third-order valence-electron chi connectivity index (χ3n) is 2.15. The van der Waals surface area contributed by atoms with Crippen LogP contribution in [-0.4, -0.2) is 18.0 Å². The normalized spacial score (nSPS) is 13.0. The average Bonchev–Trinajstić information content (AvgIpc) is 2.24. The number of ether oxygens (including phenoxy) is 1. The van der Waals surface area contributed by atoms with E-state index in [9.17, 15) is 4.79 Å². The highest BCUT2D eigenvalue weighted by molar-refractivity contribution is 6.26. The molecule has 0 aromatic heterocycles. The molecule has 0 amide bonds. The molecule has 0 saturated carbocycles. The molecule has 2 nitrogen and oxygen atoms in total. The smallest absolute Gasteiger partial charge is 0.321 e. The number of alkyl halides is 1. The number of hydrogen-bond acceptors (Lipinski definition) is 2. The number of carbonyl (C=O) groups excluding carboxylic acids is 1. The summed E-state index contributed by atoms with van der Waals surface area (Å²) in [5, 5.41) is 0. The van der Waals surface area contributed by atoms with Crippen LogP contribution >= 0.6 is 11.6 Å². The number of halogens is 1. The Bertz CT molecular complexity index is 190. The van der Waals surface area contributed by atoms with Crippen LogP contribution in [0.3, 0.4) is 0 Å². The van der Waals surface area contributed by atoms with Crippen LogP contribution in [0, 0.1) is 0 Å². The van der Waals surface area contributed by atoms with Crippen LogP contribution in [0.1, 0.15) is 46.0 Å². The van der Waals surface area contributed by atoms with E-state index in [2.05, 4.69) is 13.0 Å². The fourth-order valence-corrected chi connectivity index (χ4v) is 1.49. The molecule has 0 aromatic rings. The van der Waals surface area contributed by atoms with Gasteiger partial charge in [0.05, 0.1) is 0 Å². The van der Waals surface area contributed by atoms with E-state index in [4.69, 9.17) is 16.3 Å². The Balaban J connectivity index is 3.76. The van der Waals surface area contributed by atoms with Crippen molar-refractivity contribution in [2.45, 2.75) is 52.1 Å². The third kappa shape index (κ3) is 8.49. The van der Waals surface area contributed by atoms with E-state index in [-0.39, 0.29) is 18.0 Å². The van der Waals surface area contributed by atoms with Crippen molar-refractivity contribution in [1.82, 2.24) is 0 Å². The molecule has 0 aliphatic heterocycles. The van der Waals surface area contributed by atoms with Crippen LogP contribution in [0.5, 0.6) is 0 Å². The summed E-state index contributed by atoms with van der Waals surface area (Å²) in [5.74, 6) is -0.351. The van der Waals surface area contributed by atoms with Gasteiger partial charge in [0.2, 0.25) is 0 Å². The summed E-state index contributed by atoms with van der Waals surface area (Å²) < 4.78 is 5.23. The molecule has 0 aliphatic carbocycles. The Morgan fingerprint density at radius 2 is 2.20 bits per heavy atom. The van der Waals surface area contributed by atoms with Crippen molar-refractivity contribution >= 4 is 17.6 Å². The number of rotatable bonds is 8. The van der Waals surface area contributed by atoms with Crippen molar-refractivity contribution in [1.29, 1.82) is 0 Å². The van der Waals surface area contributed by atoms with E-state index < -0.39 is 0 Å². The molecule has 0 radical (unpaired) electrons. The second kappa shape index (κ2) is 10.0. The van der Waals surface area contributed by atoms with Gasteiger partial charge in [0.15, 0.2) is 0 Å². The Morgan fingerprint density at radius 3 is 2.73 bits per heavy atom. The molecule has 0 fully saturated rings. The minimum absolute atomic E-state index is 0.0466. The summed E-state index contributed by atoms with van der Waals surface area (Å²) >= 11 is 5.39. The fraction of sp³-hybridized carbons (Fsp3) is 0.750. The van der Waals surface area contributed by atoms with E-state index in [1.54, 1.807) is 0 Å². The molecular formula is C12H21ClO2. The lowest BCUT2D eigenvalue weighted by atomic mass is 10.1. The van der Waals surface area contributed by atoms with Crippen molar-refractivity contribution in [3.8, 4) is 0 Å². The summed E-state index contributed by atoms with van der Waals surface area (Å²) in [7, 11) is 0. The zero-order valence-corrected chi connectivity index (χ0v) is 10.4. The second-order valence-electron chi connectivity index (χ2n) is 3.53. The fourth-order valence-electron chi connectivity index (χ4n) is 1.43.